The Bertz CT molecular complexity index is 668. The van der Waals surface area contributed by atoms with E-state index in [1.54, 1.807) is 11.8 Å². The van der Waals surface area contributed by atoms with Crippen LogP contribution in [0.5, 0.6) is 0 Å². The number of hydrogen-bond donors (Lipinski definition) is 2. The summed E-state index contributed by atoms with van der Waals surface area (Å²) in [5.74, 6) is 0.899. The molecule has 1 aliphatic rings. The summed E-state index contributed by atoms with van der Waals surface area (Å²) in [5, 5.41) is 13.8. The van der Waals surface area contributed by atoms with Crippen molar-refractivity contribution in [3.63, 3.8) is 0 Å². The highest BCUT2D eigenvalue weighted by molar-refractivity contribution is 7.09. The number of nitrogens with zero attached hydrogens (tertiary/aromatic N) is 3. The summed E-state index contributed by atoms with van der Waals surface area (Å²) in [6.07, 6.45) is 1.94. The standard InChI is InChI=1S/C17H22N4O2S/c1-12-18-16(24-20-12)19-17(23)21-9-7-14(8-10-21)15(22)11-13-5-3-2-4-6-13/h2-6,14-15,22H,7-11H2,1H3,(H,18,19,20,23)/t15-/m0/s1. The molecule has 1 aliphatic heterocycles. The third kappa shape index (κ3) is 4.30. The number of benzene rings is 1. The first-order valence-corrected chi connectivity index (χ1v) is 8.97. The SMILES string of the molecule is Cc1nsc(NC(=O)N2CCC([C@@H](O)Cc3ccccc3)CC2)n1. The number of urea groups is 1. The van der Waals surface area contributed by atoms with Gasteiger partial charge in [-0.05, 0) is 37.7 Å². The Morgan fingerprint density at radius 3 is 2.71 bits per heavy atom. The first-order chi connectivity index (χ1) is 11.6. The van der Waals surface area contributed by atoms with Gasteiger partial charge in [-0.2, -0.15) is 4.37 Å². The predicted molar refractivity (Wildman–Crippen MR) is 94.1 cm³/mol. The molecule has 0 bridgehead atoms. The van der Waals surface area contributed by atoms with Gasteiger partial charge in [-0.15, -0.1) is 0 Å². The number of likely N-dealkylation sites (tertiary alicyclic amines) is 1. The van der Waals surface area contributed by atoms with E-state index in [0.717, 1.165) is 18.4 Å². The average molecular weight is 346 g/mol. The number of aryl methyl sites for hydroxylation is 1. The summed E-state index contributed by atoms with van der Waals surface area (Å²) in [6.45, 7) is 3.10. The first-order valence-electron chi connectivity index (χ1n) is 8.20. The van der Waals surface area contributed by atoms with Gasteiger partial charge >= 0.3 is 6.03 Å². The number of piperidine rings is 1. The van der Waals surface area contributed by atoms with Crippen molar-refractivity contribution in [2.75, 3.05) is 18.4 Å². The molecule has 7 heteroatoms. The zero-order valence-corrected chi connectivity index (χ0v) is 14.5. The number of carbonyl (C=O) groups excluding carboxylic acids is 1. The number of anilines is 1. The molecule has 2 heterocycles. The maximum Gasteiger partial charge on any atom is 0.323 e. The molecule has 1 atom stereocenters. The third-order valence-electron chi connectivity index (χ3n) is 4.40. The highest BCUT2D eigenvalue weighted by Gasteiger charge is 2.27. The smallest absolute Gasteiger partial charge is 0.323 e. The van der Waals surface area contributed by atoms with Crippen LogP contribution in [0.25, 0.3) is 0 Å². The zero-order chi connectivity index (χ0) is 16.9. The van der Waals surface area contributed by atoms with Crippen LogP contribution in [0.1, 0.15) is 24.2 Å². The number of aromatic nitrogens is 2. The Morgan fingerprint density at radius 2 is 2.08 bits per heavy atom. The van der Waals surface area contributed by atoms with Crippen LogP contribution in [0.4, 0.5) is 9.93 Å². The average Bonchev–Trinajstić information content (AvgIpc) is 3.00. The molecule has 2 aromatic rings. The van der Waals surface area contributed by atoms with Crippen LogP contribution in [0.15, 0.2) is 30.3 Å². The van der Waals surface area contributed by atoms with Crippen molar-refractivity contribution in [1.82, 2.24) is 14.3 Å². The summed E-state index contributed by atoms with van der Waals surface area (Å²) >= 11 is 1.19. The normalized spacial score (nSPS) is 16.8. The second kappa shape index (κ2) is 7.72. The van der Waals surface area contributed by atoms with Crippen LogP contribution in [0, 0.1) is 12.8 Å². The van der Waals surface area contributed by atoms with E-state index in [-0.39, 0.29) is 18.1 Å². The van der Waals surface area contributed by atoms with Gasteiger partial charge < -0.3 is 10.0 Å². The molecule has 1 fully saturated rings. The van der Waals surface area contributed by atoms with Crippen molar-refractivity contribution in [1.29, 1.82) is 0 Å². The van der Waals surface area contributed by atoms with E-state index < -0.39 is 0 Å². The van der Waals surface area contributed by atoms with Crippen molar-refractivity contribution >= 4 is 22.7 Å². The molecule has 0 aliphatic carbocycles. The summed E-state index contributed by atoms with van der Waals surface area (Å²) in [4.78, 5) is 18.2. The fourth-order valence-electron chi connectivity index (χ4n) is 3.03. The monoisotopic (exact) mass is 346 g/mol. The highest BCUT2D eigenvalue weighted by atomic mass is 32.1. The number of carbonyl (C=O) groups is 1. The Balaban J connectivity index is 1.47. The zero-order valence-electron chi connectivity index (χ0n) is 13.7. The van der Waals surface area contributed by atoms with Crippen molar-refractivity contribution in [3.8, 4) is 0 Å². The minimum absolute atomic E-state index is 0.137. The van der Waals surface area contributed by atoms with Gasteiger partial charge in [0, 0.05) is 24.6 Å². The minimum Gasteiger partial charge on any atom is -0.392 e. The lowest BCUT2D eigenvalue weighted by Gasteiger charge is -2.34. The van der Waals surface area contributed by atoms with E-state index in [9.17, 15) is 9.90 Å². The van der Waals surface area contributed by atoms with Crippen LogP contribution in [-0.2, 0) is 6.42 Å². The van der Waals surface area contributed by atoms with Gasteiger partial charge in [-0.3, -0.25) is 5.32 Å². The number of aliphatic hydroxyl groups is 1. The van der Waals surface area contributed by atoms with Gasteiger partial charge in [-0.1, -0.05) is 30.3 Å². The van der Waals surface area contributed by atoms with Crippen LogP contribution in [-0.4, -0.2) is 44.6 Å². The second-order valence-corrected chi connectivity index (χ2v) is 6.91. The largest absolute Gasteiger partial charge is 0.392 e. The molecular weight excluding hydrogens is 324 g/mol. The molecule has 0 spiro atoms. The van der Waals surface area contributed by atoms with E-state index in [1.807, 2.05) is 30.3 Å². The topological polar surface area (TPSA) is 78.4 Å². The first kappa shape index (κ1) is 16.9. The van der Waals surface area contributed by atoms with E-state index in [2.05, 4.69) is 14.7 Å². The number of rotatable bonds is 4. The van der Waals surface area contributed by atoms with Gasteiger partial charge in [0.25, 0.3) is 0 Å². The molecule has 2 N–H and O–H groups in total. The Hall–Kier alpha value is -1.99. The lowest BCUT2D eigenvalue weighted by atomic mass is 9.88. The van der Waals surface area contributed by atoms with Crippen LogP contribution < -0.4 is 5.32 Å². The van der Waals surface area contributed by atoms with Gasteiger partial charge in [0.1, 0.15) is 5.82 Å². The lowest BCUT2D eigenvalue weighted by Crippen LogP contribution is -2.43. The second-order valence-electron chi connectivity index (χ2n) is 6.16. The number of aliphatic hydroxyl groups excluding tert-OH is 1. The van der Waals surface area contributed by atoms with Gasteiger partial charge in [0.2, 0.25) is 5.13 Å². The molecule has 6 nitrogen and oxygen atoms in total. The van der Waals surface area contributed by atoms with Gasteiger partial charge in [0.15, 0.2) is 0 Å². The fourth-order valence-corrected chi connectivity index (χ4v) is 3.59. The third-order valence-corrected chi connectivity index (χ3v) is 5.12. The molecule has 128 valence electrons. The maximum absolute atomic E-state index is 12.2. The summed E-state index contributed by atoms with van der Waals surface area (Å²) < 4.78 is 4.05. The van der Waals surface area contributed by atoms with Crippen molar-refractivity contribution < 1.29 is 9.90 Å². The molecule has 24 heavy (non-hydrogen) atoms. The van der Waals surface area contributed by atoms with Crippen molar-refractivity contribution in [2.24, 2.45) is 5.92 Å². The summed E-state index contributed by atoms with van der Waals surface area (Å²) in [6, 6.07) is 9.90. The molecule has 2 amide bonds. The quantitative estimate of drug-likeness (QED) is 0.892. The number of nitrogens with one attached hydrogen (secondary N) is 1. The van der Waals surface area contributed by atoms with E-state index in [0.29, 0.717) is 30.5 Å². The molecule has 1 saturated heterocycles. The number of amides is 2. The van der Waals surface area contributed by atoms with E-state index in [4.69, 9.17) is 0 Å². The van der Waals surface area contributed by atoms with E-state index >= 15 is 0 Å². The Morgan fingerprint density at radius 1 is 1.38 bits per heavy atom. The summed E-state index contributed by atoms with van der Waals surface area (Å²) in [5.41, 5.74) is 1.15. The van der Waals surface area contributed by atoms with E-state index in [1.165, 1.54) is 11.5 Å². The number of hydrogen-bond acceptors (Lipinski definition) is 5. The van der Waals surface area contributed by atoms with Gasteiger partial charge in [-0.25, -0.2) is 9.78 Å². The van der Waals surface area contributed by atoms with Crippen molar-refractivity contribution in [3.05, 3.63) is 41.7 Å². The predicted octanol–water partition coefficient (Wildman–Crippen LogP) is 2.69. The van der Waals surface area contributed by atoms with Gasteiger partial charge in [0.05, 0.1) is 6.10 Å². The van der Waals surface area contributed by atoms with Crippen LogP contribution in [0.2, 0.25) is 0 Å². The maximum atomic E-state index is 12.2. The van der Waals surface area contributed by atoms with Crippen LogP contribution in [0.3, 0.4) is 0 Å². The van der Waals surface area contributed by atoms with Crippen molar-refractivity contribution in [2.45, 2.75) is 32.3 Å². The molecule has 0 unspecified atom stereocenters. The molecule has 1 aromatic heterocycles. The minimum atomic E-state index is -0.358. The lowest BCUT2D eigenvalue weighted by molar-refractivity contribution is 0.0689. The molecular formula is C17H22N4O2S. The molecule has 0 saturated carbocycles. The Labute approximate surface area is 145 Å². The Kier molecular flexibility index (Phi) is 5.42. The van der Waals surface area contributed by atoms with Crippen LogP contribution >= 0.6 is 11.5 Å². The molecule has 0 radical (unpaired) electrons. The summed E-state index contributed by atoms with van der Waals surface area (Å²) in [7, 11) is 0. The fraction of sp³-hybridized carbons (Fsp3) is 0.471. The molecule has 3 rings (SSSR count). The highest BCUT2D eigenvalue weighted by Crippen LogP contribution is 2.23. The molecule has 1 aromatic carbocycles.